The first kappa shape index (κ1) is 20.5. The zero-order chi connectivity index (χ0) is 22.0. The van der Waals surface area contributed by atoms with Crippen LogP contribution in [0.2, 0.25) is 0 Å². The molecular weight excluding hydrogens is 392 g/mol. The van der Waals surface area contributed by atoms with Crippen molar-refractivity contribution in [3.63, 3.8) is 0 Å². The summed E-state index contributed by atoms with van der Waals surface area (Å²) in [6, 6.07) is 13.4. The molecule has 0 radical (unpaired) electrons. The van der Waals surface area contributed by atoms with Crippen molar-refractivity contribution in [3.8, 4) is 11.4 Å². The van der Waals surface area contributed by atoms with Crippen molar-refractivity contribution in [2.45, 2.75) is 40.0 Å². The molecule has 158 valence electrons. The topological polar surface area (TPSA) is 101 Å². The Hall–Kier alpha value is -3.74. The summed E-state index contributed by atoms with van der Waals surface area (Å²) in [6.45, 7) is 6.04. The molecule has 31 heavy (non-hydrogen) atoms. The standard InChI is InChI=1S/C24H24N4O3/c1-14-7-10-20-17(11-14)13-19(24(30)26-20)23-27-22(31-28-23)6-4-5-21(29)25-18-9-8-15(2)16(3)12-18/h7-13H,4-6H2,1-3H3,(H,25,29)(H,26,30). The molecule has 4 aromatic rings. The lowest BCUT2D eigenvalue weighted by atomic mass is 10.1. The normalized spacial score (nSPS) is 11.1. The Kier molecular flexibility index (Phi) is 5.66. The van der Waals surface area contributed by atoms with Crippen LogP contribution in [0.3, 0.4) is 0 Å². The number of carbonyl (C=O) groups is 1. The summed E-state index contributed by atoms with van der Waals surface area (Å²) in [5.74, 6) is 0.585. The largest absolute Gasteiger partial charge is 0.339 e. The van der Waals surface area contributed by atoms with E-state index in [1.165, 1.54) is 5.56 Å². The third kappa shape index (κ3) is 4.71. The number of nitrogens with one attached hydrogen (secondary N) is 2. The van der Waals surface area contributed by atoms with Crippen molar-refractivity contribution in [2.75, 3.05) is 5.32 Å². The molecule has 4 rings (SSSR count). The molecule has 0 aliphatic carbocycles. The summed E-state index contributed by atoms with van der Waals surface area (Å²) in [5.41, 5.74) is 5.06. The van der Waals surface area contributed by atoms with Crippen molar-refractivity contribution in [2.24, 2.45) is 0 Å². The van der Waals surface area contributed by atoms with E-state index in [1.807, 2.05) is 57.2 Å². The third-order valence-corrected chi connectivity index (χ3v) is 5.29. The van der Waals surface area contributed by atoms with Crippen LogP contribution < -0.4 is 10.9 Å². The summed E-state index contributed by atoms with van der Waals surface area (Å²) in [5, 5.41) is 7.76. The monoisotopic (exact) mass is 416 g/mol. The Labute approximate surface area is 179 Å². The highest BCUT2D eigenvalue weighted by Gasteiger charge is 2.14. The minimum atomic E-state index is -0.267. The highest BCUT2D eigenvalue weighted by atomic mass is 16.5. The SMILES string of the molecule is Cc1ccc2[nH]c(=O)c(-c3noc(CCCC(=O)Nc4ccc(C)c(C)c4)n3)cc2c1. The average molecular weight is 416 g/mol. The average Bonchev–Trinajstić information content (AvgIpc) is 3.19. The lowest BCUT2D eigenvalue weighted by Crippen LogP contribution is -2.11. The number of carbonyl (C=O) groups excluding carboxylic acids is 1. The van der Waals surface area contributed by atoms with Gasteiger partial charge in [0.1, 0.15) is 0 Å². The third-order valence-electron chi connectivity index (χ3n) is 5.29. The zero-order valence-corrected chi connectivity index (χ0v) is 17.8. The maximum Gasteiger partial charge on any atom is 0.259 e. The number of fused-ring (bicyclic) bond motifs is 1. The van der Waals surface area contributed by atoms with Crippen LogP contribution >= 0.6 is 0 Å². The van der Waals surface area contributed by atoms with Crippen LogP contribution in [0, 0.1) is 20.8 Å². The van der Waals surface area contributed by atoms with Crippen LogP contribution in [-0.2, 0) is 11.2 Å². The lowest BCUT2D eigenvalue weighted by molar-refractivity contribution is -0.116. The van der Waals surface area contributed by atoms with Gasteiger partial charge in [0.2, 0.25) is 17.6 Å². The van der Waals surface area contributed by atoms with E-state index >= 15 is 0 Å². The van der Waals surface area contributed by atoms with Crippen LogP contribution in [0.5, 0.6) is 0 Å². The summed E-state index contributed by atoms with van der Waals surface area (Å²) in [4.78, 5) is 31.8. The summed E-state index contributed by atoms with van der Waals surface area (Å²) < 4.78 is 5.29. The van der Waals surface area contributed by atoms with Gasteiger partial charge < -0.3 is 14.8 Å². The molecule has 0 spiro atoms. The second kappa shape index (κ2) is 8.55. The van der Waals surface area contributed by atoms with E-state index < -0.39 is 0 Å². The predicted molar refractivity (Wildman–Crippen MR) is 120 cm³/mol. The Morgan fingerprint density at radius 3 is 2.71 bits per heavy atom. The van der Waals surface area contributed by atoms with Crippen molar-refractivity contribution in [1.29, 1.82) is 0 Å². The Balaban J connectivity index is 1.38. The van der Waals surface area contributed by atoms with Crippen LogP contribution in [-0.4, -0.2) is 21.0 Å². The van der Waals surface area contributed by atoms with Gasteiger partial charge in [-0.3, -0.25) is 9.59 Å². The minimum absolute atomic E-state index is 0.0654. The molecular formula is C24H24N4O3. The summed E-state index contributed by atoms with van der Waals surface area (Å²) in [7, 11) is 0. The van der Waals surface area contributed by atoms with Gasteiger partial charge in [-0.2, -0.15) is 4.98 Å². The molecule has 2 aromatic carbocycles. The first-order valence-electron chi connectivity index (χ1n) is 10.2. The Bertz CT molecular complexity index is 1320. The van der Waals surface area contributed by atoms with E-state index in [0.717, 1.165) is 27.7 Å². The molecule has 0 atom stereocenters. The molecule has 7 nitrogen and oxygen atoms in total. The molecule has 2 heterocycles. The van der Waals surface area contributed by atoms with Gasteiger partial charge in [0.15, 0.2) is 0 Å². The number of aryl methyl sites for hydroxylation is 4. The lowest BCUT2D eigenvalue weighted by Gasteiger charge is -2.07. The van der Waals surface area contributed by atoms with Gasteiger partial charge in [0.05, 0.1) is 5.56 Å². The van der Waals surface area contributed by atoms with Crippen LogP contribution in [0.15, 0.2) is 51.8 Å². The Morgan fingerprint density at radius 1 is 1.06 bits per heavy atom. The second-order valence-electron chi connectivity index (χ2n) is 7.82. The number of nitrogens with zero attached hydrogens (tertiary/aromatic N) is 2. The maximum absolute atomic E-state index is 12.4. The number of anilines is 1. The number of hydrogen-bond donors (Lipinski definition) is 2. The van der Waals surface area contributed by atoms with Gasteiger partial charge >= 0.3 is 0 Å². The molecule has 0 aliphatic heterocycles. The molecule has 0 fully saturated rings. The van der Waals surface area contributed by atoms with Crippen LogP contribution in [0.25, 0.3) is 22.3 Å². The number of pyridine rings is 1. The van der Waals surface area contributed by atoms with E-state index in [4.69, 9.17) is 4.52 Å². The smallest absolute Gasteiger partial charge is 0.259 e. The van der Waals surface area contributed by atoms with Gasteiger partial charge in [-0.1, -0.05) is 22.9 Å². The zero-order valence-electron chi connectivity index (χ0n) is 17.8. The predicted octanol–water partition coefficient (Wildman–Crippen LogP) is 4.46. The van der Waals surface area contributed by atoms with Gasteiger partial charge in [-0.15, -0.1) is 0 Å². The van der Waals surface area contributed by atoms with Gasteiger partial charge in [-0.25, -0.2) is 0 Å². The van der Waals surface area contributed by atoms with Crippen LogP contribution in [0.4, 0.5) is 5.69 Å². The molecule has 0 saturated carbocycles. The first-order valence-corrected chi connectivity index (χ1v) is 10.2. The summed E-state index contributed by atoms with van der Waals surface area (Å²) >= 11 is 0. The number of hydrogen-bond acceptors (Lipinski definition) is 5. The van der Waals surface area contributed by atoms with E-state index in [9.17, 15) is 9.59 Å². The van der Waals surface area contributed by atoms with E-state index in [2.05, 4.69) is 20.4 Å². The highest BCUT2D eigenvalue weighted by molar-refractivity contribution is 5.90. The van der Waals surface area contributed by atoms with Crippen molar-refractivity contribution in [3.05, 3.63) is 75.4 Å². The molecule has 7 heteroatoms. The number of amides is 1. The van der Waals surface area contributed by atoms with E-state index in [1.54, 1.807) is 6.07 Å². The Morgan fingerprint density at radius 2 is 1.90 bits per heavy atom. The van der Waals surface area contributed by atoms with Crippen molar-refractivity contribution in [1.82, 2.24) is 15.1 Å². The molecule has 0 unspecified atom stereocenters. The van der Waals surface area contributed by atoms with E-state index in [-0.39, 0.29) is 17.3 Å². The second-order valence-corrected chi connectivity index (χ2v) is 7.82. The first-order chi connectivity index (χ1) is 14.9. The number of rotatable bonds is 6. The summed E-state index contributed by atoms with van der Waals surface area (Å²) in [6.07, 6.45) is 1.35. The maximum atomic E-state index is 12.4. The van der Waals surface area contributed by atoms with Crippen molar-refractivity contribution >= 4 is 22.5 Å². The van der Waals surface area contributed by atoms with Gasteiger partial charge in [0.25, 0.3) is 5.56 Å². The van der Waals surface area contributed by atoms with Crippen molar-refractivity contribution < 1.29 is 9.32 Å². The van der Waals surface area contributed by atoms with Gasteiger partial charge in [0, 0.05) is 24.0 Å². The van der Waals surface area contributed by atoms with Crippen LogP contribution in [0.1, 0.15) is 35.4 Å². The number of H-pyrrole nitrogens is 1. The van der Waals surface area contributed by atoms with E-state index in [0.29, 0.717) is 30.7 Å². The number of benzene rings is 2. The quantitative estimate of drug-likeness (QED) is 0.483. The molecule has 1 amide bonds. The molecule has 0 saturated heterocycles. The molecule has 0 bridgehead atoms. The fourth-order valence-corrected chi connectivity index (χ4v) is 3.40. The molecule has 0 aliphatic rings. The van der Waals surface area contributed by atoms with Gasteiger partial charge in [-0.05, 0) is 74.0 Å². The fourth-order valence-electron chi connectivity index (χ4n) is 3.40. The molecule has 2 N–H and O–H groups in total. The fraction of sp³-hybridized carbons (Fsp3) is 0.250. The molecule has 2 aromatic heterocycles. The number of aromatic nitrogens is 3. The minimum Gasteiger partial charge on any atom is -0.339 e. The number of aromatic amines is 1. The highest BCUT2D eigenvalue weighted by Crippen LogP contribution is 2.19.